The maximum Gasteiger partial charge on any atom is 0.416 e. The van der Waals surface area contributed by atoms with E-state index in [1.807, 2.05) is 35.2 Å². The van der Waals surface area contributed by atoms with Gasteiger partial charge in [0.1, 0.15) is 17.7 Å². The van der Waals surface area contributed by atoms with Crippen LogP contribution in [0.1, 0.15) is 49.7 Å². The zero-order valence-electron chi connectivity index (χ0n) is 22.4. The Bertz CT molecular complexity index is 1240. The third-order valence-electron chi connectivity index (χ3n) is 7.54. The van der Waals surface area contributed by atoms with E-state index in [0.29, 0.717) is 61.8 Å². The van der Waals surface area contributed by atoms with Crippen molar-refractivity contribution < 1.29 is 22.7 Å². The molecule has 8 nitrogen and oxygen atoms in total. The maximum absolute atomic E-state index is 13.5. The van der Waals surface area contributed by atoms with Crippen molar-refractivity contribution in [2.24, 2.45) is 5.92 Å². The van der Waals surface area contributed by atoms with Crippen LogP contribution in [0.4, 0.5) is 24.9 Å². The summed E-state index contributed by atoms with van der Waals surface area (Å²) < 4.78 is 46.2. The average Bonchev–Trinajstić information content (AvgIpc) is 3.52. The number of ether oxygens (including phenoxy) is 1. The molecule has 1 saturated heterocycles. The maximum atomic E-state index is 13.5. The van der Waals surface area contributed by atoms with Gasteiger partial charge in [0, 0.05) is 38.1 Å². The molecule has 0 radical (unpaired) electrons. The topological polar surface area (TPSA) is 84.3 Å². The lowest BCUT2D eigenvalue weighted by Gasteiger charge is -2.29. The van der Waals surface area contributed by atoms with E-state index in [9.17, 15) is 18.0 Å². The fraction of sp³-hybridized carbons (Fsp3) is 0.483. The number of nitrogens with one attached hydrogen (secondary N) is 2. The number of halogens is 3. The summed E-state index contributed by atoms with van der Waals surface area (Å²) in [5, 5.41) is 6.32. The molecule has 5 rings (SSSR count). The van der Waals surface area contributed by atoms with Gasteiger partial charge in [-0.2, -0.15) is 23.1 Å². The van der Waals surface area contributed by atoms with E-state index in [1.165, 1.54) is 18.6 Å². The fourth-order valence-electron chi connectivity index (χ4n) is 5.31. The summed E-state index contributed by atoms with van der Waals surface area (Å²) in [4.78, 5) is 25.1. The lowest BCUT2D eigenvalue weighted by Crippen LogP contribution is -2.41. The highest BCUT2D eigenvalue weighted by Crippen LogP contribution is 2.30. The third-order valence-corrected chi connectivity index (χ3v) is 7.54. The van der Waals surface area contributed by atoms with Gasteiger partial charge in [0.15, 0.2) is 0 Å². The molecule has 0 bridgehead atoms. The first-order chi connectivity index (χ1) is 19.3. The zero-order valence-corrected chi connectivity index (χ0v) is 22.4. The minimum atomic E-state index is -4.39. The molecule has 1 amide bonds. The molecular formula is C29H35F3N6O2. The molecule has 2 aromatic heterocycles. The van der Waals surface area contributed by atoms with E-state index >= 15 is 0 Å². The molecule has 1 aliphatic carbocycles. The Morgan fingerprint density at radius 2 is 1.73 bits per heavy atom. The van der Waals surface area contributed by atoms with Crippen LogP contribution in [-0.2, 0) is 22.3 Å². The number of hydrogen-bond donors (Lipinski definition) is 2. The molecule has 1 saturated carbocycles. The van der Waals surface area contributed by atoms with Gasteiger partial charge in [-0.15, -0.1) is 0 Å². The summed E-state index contributed by atoms with van der Waals surface area (Å²) in [5.41, 5.74) is -0.109. The summed E-state index contributed by atoms with van der Waals surface area (Å²) in [6, 6.07) is 9.99. The lowest BCUT2D eigenvalue weighted by molar-refractivity contribution is -0.137. The molecule has 3 heterocycles. The molecule has 3 aromatic rings. The molecule has 1 aliphatic heterocycles. The highest BCUT2D eigenvalue weighted by molar-refractivity contribution is 5.84. The van der Waals surface area contributed by atoms with Crippen molar-refractivity contribution in [1.82, 2.24) is 19.9 Å². The molecule has 2 aliphatic rings. The van der Waals surface area contributed by atoms with Crippen molar-refractivity contribution >= 4 is 17.7 Å². The second kappa shape index (κ2) is 12.7. The van der Waals surface area contributed by atoms with Gasteiger partial charge in [-0.3, -0.25) is 4.79 Å². The Kier molecular flexibility index (Phi) is 8.88. The molecule has 11 heteroatoms. The number of aromatic nitrogens is 3. The quantitative estimate of drug-likeness (QED) is 0.378. The molecule has 1 aromatic carbocycles. The molecule has 1 atom stereocenters. The molecular weight excluding hydrogens is 521 g/mol. The highest BCUT2D eigenvalue weighted by Gasteiger charge is 2.30. The van der Waals surface area contributed by atoms with E-state index in [2.05, 4.69) is 15.5 Å². The molecule has 40 heavy (non-hydrogen) atoms. The summed E-state index contributed by atoms with van der Waals surface area (Å²) in [7, 11) is 0. The minimum absolute atomic E-state index is 0.136. The van der Waals surface area contributed by atoms with Crippen molar-refractivity contribution in [3.63, 3.8) is 0 Å². The molecule has 2 N–H and O–H groups in total. The Balaban J connectivity index is 1.35. The van der Waals surface area contributed by atoms with Crippen molar-refractivity contribution in [2.75, 3.05) is 36.5 Å². The van der Waals surface area contributed by atoms with Crippen molar-refractivity contribution in [3.05, 3.63) is 66.0 Å². The van der Waals surface area contributed by atoms with Crippen LogP contribution in [0.15, 0.2) is 54.9 Å². The van der Waals surface area contributed by atoms with Crippen molar-refractivity contribution in [3.8, 4) is 5.82 Å². The number of morpholine rings is 1. The number of carbonyl (C=O) groups excluding carboxylic acids is 1. The number of anilines is 2. The first-order valence-corrected chi connectivity index (χ1v) is 13.9. The fourth-order valence-corrected chi connectivity index (χ4v) is 5.31. The first-order valence-electron chi connectivity index (χ1n) is 13.9. The minimum Gasteiger partial charge on any atom is -0.378 e. The van der Waals surface area contributed by atoms with Gasteiger partial charge in [0.25, 0.3) is 0 Å². The third kappa shape index (κ3) is 7.32. The van der Waals surface area contributed by atoms with E-state index in [4.69, 9.17) is 14.7 Å². The van der Waals surface area contributed by atoms with Crippen LogP contribution in [0.25, 0.3) is 5.82 Å². The van der Waals surface area contributed by atoms with Crippen molar-refractivity contribution in [1.29, 1.82) is 0 Å². The Hall–Kier alpha value is -3.60. The van der Waals surface area contributed by atoms with Crippen LogP contribution in [0.5, 0.6) is 0 Å². The summed E-state index contributed by atoms with van der Waals surface area (Å²) in [5.74, 6) is 2.00. The first kappa shape index (κ1) is 27.9. The predicted octanol–water partition coefficient (Wildman–Crippen LogP) is 5.19. The van der Waals surface area contributed by atoms with Crippen LogP contribution in [0.3, 0.4) is 0 Å². The van der Waals surface area contributed by atoms with Gasteiger partial charge in [-0.25, -0.2) is 0 Å². The molecule has 214 valence electrons. The average molecular weight is 557 g/mol. The Morgan fingerprint density at radius 3 is 2.40 bits per heavy atom. The second-order valence-electron chi connectivity index (χ2n) is 10.5. The number of rotatable bonds is 9. The second-order valence-corrected chi connectivity index (χ2v) is 10.5. The Labute approximate surface area is 231 Å². The summed E-state index contributed by atoms with van der Waals surface area (Å²) >= 11 is 0. The smallest absolute Gasteiger partial charge is 0.378 e. The van der Waals surface area contributed by atoms with E-state index in [0.717, 1.165) is 37.8 Å². The predicted molar refractivity (Wildman–Crippen MR) is 146 cm³/mol. The van der Waals surface area contributed by atoms with Gasteiger partial charge in [0.2, 0.25) is 11.9 Å². The van der Waals surface area contributed by atoms with Crippen LogP contribution in [0.2, 0.25) is 0 Å². The van der Waals surface area contributed by atoms with E-state index in [-0.39, 0.29) is 12.5 Å². The highest BCUT2D eigenvalue weighted by atomic mass is 19.4. The van der Waals surface area contributed by atoms with Gasteiger partial charge in [0.05, 0.1) is 18.8 Å². The van der Waals surface area contributed by atoms with Gasteiger partial charge < -0.3 is 24.8 Å². The molecule has 0 unspecified atom stereocenters. The largest absolute Gasteiger partial charge is 0.416 e. The van der Waals surface area contributed by atoms with Crippen LogP contribution < -0.4 is 15.5 Å². The normalized spacial score (nSPS) is 17.4. The van der Waals surface area contributed by atoms with E-state index in [1.54, 1.807) is 0 Å². The Morgan fingerprint density at radius 1 is 1.02 bits per heavy atom. The van der Waals surface area contributed by atoms with Crippen LogP contribution in [0, 0.1) is 5.92 Å². The van der Waals surface area contributed by atoms with Gasteiger partial charge >= 0.3 is 6.18 Å². The van der Waals surface area contributed by atoms with E-state index < -0.39 is 17.8 Å². The van der Waals surface area contributed by atoms with Crippen molar-refractivity contribution in [2.45, 2.75) is 57.3 Å². The number of alkyl halides is 3. The SMILES string of the molecule is O=C(NCc1ccc(C(F)(F)F)cc1)[C@@H](CC1CCCCC1)Nc1cc(-n2cccc2)nc(N2CCOCC2)n1. The zero-order chi connectivity index (χ0) is 28.0. The molecule has 0 spiro atoms. The van der Waals surface area contributed by atoms with Crippen LogP contribution >= 0.6 is 0 Å². The summed E-state index contributed by atoms with van der Waals surface area (Å²) in [6.45, 7) is 2.67. The van der Waals surface area contributed by atoms with Gasteiger partial charge in [-0.05, 0) is 42.2 Å². The van der Waals surface area contributed by atoms with Crippen LogP contribution in [-0.4, -0.2) is 52.8 Å². The standard InChI is InChI=1S/C29H35F3N6O2/c30-29(31,32)23-10-8-22(9-11-23)20-33-27(39)24(18-21-6-2-1-3-7-21)34-25-19-26(37-12-4-5-13-37)36-28(35-25)38-14-16-40-17-15-38/h4-5,8-13,19,21,24H,1-3,6-7,14-18,20H2,(H,33,39)(H,34,35,36)/t24-/m1/s1. The number of carbonyl (C=O) groups is 1. The monoisotopic (exact) mass is 556 g/mol. The number of hydrogen-bond acceptors (Lipinski definition) is 6. The number of benzene rings is 1. The van der Waals surface area contributed by atoms with Gasteiger partial charge in [-0.1, -0.05) is 44.2 Å². The molecule has 2 fully saturated rings. The number of nitrogens with zero attached hydrogens (tertiary/aromatic N) is 4. The lowest BCUT2D eigenvalue weighted by atomic mass is 9.84. The number of amides is 1. The summed E-state index contributed by atoms with van der Waals surface area (Å²) in [6.07, 6.45) is 5.72.